The first-order valence-corrected chi connectivity index (χ1v) is 7.09. The number of rotatable bonds is 3. The van der Waals surface area contributed by atoms with Crippen molar-refractivity contribution in [2.24, 2.45) is 0 Å². The number of Topliss-reactive ketones (excluding diaryl/α,β-unsaturated/α-hetero) is 1. The Balaban J connectivity index is 2.02. The number of nitrogens with one attached hydrogen (secondary N) is 2. The molecule has 2 amide bonds. The molecular formula is C13H16N2O3S. The average Bonchev–Trinajstić information content (AvgIpc) is 2.78. The molecule has 0 saturated carbocycles. The van der Waals surface area contributed by atoms with Crippen LogP contribution in [-0.2, 0) is 4.79 Å². The van der Waals surface area contributed by atoms with Gasteiger partial charge in [0.25, 0.3) is 5.91 Å². The summed E-state index contributed by atoms with van der Waals surface area (Å²) in [5, 5.41) is 5.50. The van der Waals surface area contributed by atoms with E-state index in [4.69, 9.17) is 0 Å². The maximum atomic E-state index is 12.0. The van der Waals surface area contributed by atoms with E-state index in [1.807, 2.05) is 0 Å². The van der Waals surface area contributed by atoms with E-state index in [1.165, 1.54) is 6.92 Å². The zero-order valence-corrected chi connectivity index (χ0v) is 11.5. The number of hydrogen-bond donors (Lipinski definition) is 2. The highest BCUT2D eigenvalue weighted by Crippen LogP contribution is 2.17. The highest BCUT2D eigenvalue weighted by molar-refractivity contribution is 7.15. The lowest BCUT2D eigenvalue weighted by Gasteiger charge is -2.14. The Hall–Kier alpha value is -1.69. The molecule has 0 aromatic carbocycles. The molecule has 1 atom stereocenters. The molecule has 6 heteroatoms. The topological polar surface area (TPSA) is 75.3 Å². The standard InChI is InChI=1S/C13H16N2O3S/c1-8(16)10-5-6-11(19-10)13(18)15-9-4-2-3-7-14-12(9)17/h5-6,9H,2-4,7H2,1H3,(H,14,17)(H,15,18)/t9-/m1/s1. The second kappa shape index (κ2) is 5.97. The molecule has 2 heterocycles. The van der Waals surface area contributed by atoms with Crippen molar-refractivity contribution < 1.29 is 14.4 Å². The van der Waals surface area contributed by atoms with Gasteiger partial charge in [-0.05, 0) is 38.3 Å². The summed E-state index contributed by atoms with van der Waals surface area (Å²) >= 11 is 1.15. The average molecular weight is 280 g/mol. The number of hydrogen-bond acceptors (Lipinski definition) is 4. The molecule has 1 aliphatic rings. The van der Waals surface area contributed by atoms with E-state index in [2.05, 4.69) is 10.6 Å². The first-order valence-electron chi connectivity index (χ1n) is 6.27. The minimum atomic E-state index is -0.474. The summed E-state index contributed by atoms with van der Waals surface area (Å²) in [7, 11) is 0. The van der Waals surface area contributed by atoms with Gasteiger partial charge in [0.2, 0.25) is 5.91 Å². The van der Waals surface area contributed by atoms with E-state index in [1.54, 1.807) is 12.1 Å². The Labute approximate surface area is 115 Å². The number of thiophene rings is 1. The van der Waals surface area contributed by atoms with Crippen LogP contribution < -0.4 is 10.6 Å². The fourth-order valence-electron chi connectivity index (χ4n) is 1.96. The van der Waals surface area contributed by atoms with Gasteiger partial charge in [-0.2, -0.15) is 0 Å². The lowest BCUT2D eigenvalue weighted by atomic mass is 10.1. The molecular weight excluding hydrogens is 264 g/mol. The molecule has 19 heavy (non-hydrogen) atoms. The largest absolute Gasteiger partial charge is 0.354 e. The first kappa shape index (κ1) is 13.7. The van der Waals surface area contributed by atoms with Crippen molar-refractivity contribution >= 4 is 28.9 Å². The van der Waals surface area contributed by atoms with Crippen LogP contribution in [0, 0.1) is 0 Å². The zero-order chi connectivity index (χ0) is 13.8. The van der Waals surface area contributed by atoms with Gasteiger partial charge in [0.05, 0.1) is 9.75 Å². The molecule has 0 aliphatic carbocycles. The van der Waals surface area contributed by atoms with E-state index in [0.717, 1.165) is 24.2 Å². The smallest absolute Gasteiger partial charge is 0.262 e. The van der Waals surface area contributed by atoms with Crippen molar-refractivity contribution in [1.82, 2.24) is 10.6 Å². The predicted octanol–water partition coefficient (Wildman–Crippen LogP) is 1.35. The Morgan fingerprint density at radius 2 is 2.05 bits per heavy atom. The van der Waals surface area contributed by atoms with Crippen molar-refractivity contribution in [2.45, 2.75) is 32.2 Å². The van der Waals surface area contributed by atoms with Crippen LogP contribution in [0.2, 0.25) is 0 Å². The van der Waals surface area contributed by atoms with E-state index in [0.29, 0.717) is 22.7 Å². The molecule has 5 nitrogen and oxygen atoms in total. The summed E-state index contributed by atoms with van der Waals surface area (Å²) in [6.07, 6.45) is 2.50. The Bertz CT molecular complexity index is 510. The third kappa shape index (κ3) is 3.41. The van der Waals surface area contributed by atoms with Crippen LogP contribution >= 0.6 is 11.3 Å². The molecule has 1 aromatic heterocycles. The molecule has 1 aliphatic heterocycles. The van der Waals surface area contributed by atoms with Gasteiger partial charge in [0.15, 0.2) is 5.78 Å². The fraction of sp³-hybridized carbons (Fsp3) is 0.462. The van der Waals surface area contributed by atoms with Crippen LogP contribution in [-0.4, -0.2) is 30.2 Å². The van der Waals surface area contributed by atoms with Gasteiger partial charge in [-0.15, -0.1) is 11.3 Å². The van der Waals surface area contributed by atoms with Gasteiger partial charge < -0.3 is 10.6 Å². The molecule has 1 aromatic rings. The van der Waals surface area contributed by atoms with Gasteiger partial charge in [0.1, 0.15) is 6.04 Å². The van der Waals surface area contributed by atoms with Gasteiger partial charge in [-0.1, -0.05) is 0 Å². The number of carbonyl (C=O) groups is 3. The van der Waals surface area contributed by atoms with Crippen LogP contribution in [0.4, 0.5) is 0 Å². The predicted molar refractivity (Wildman–Crippen MR) is 72.4 cm³/mol. The van der Waals surface area contributed by atoms with Gasteiger partial charge >= 0.3 is 0 Å². The zero-order valence-electron chi connectivity index (χ0n) is 10.7. The fourth-order valence-corrected chi connectivity index (χ4v) is 2.76. The summed E-state index contributed by atoms with van der Waals surface area (Å²) in [5.74, 6) is -0.481. The third-order valence-electron chi connectivity index (χ3n) is 3.02. The van der Waals surface area contributed by atoms with E-state index in [-0.39, 0.29) is 17.6 Å². The van der Waals surface area contributed by atoms with Gasteiger partial charge in [-0.25, -0.2) is 0 Å². The van der Waals surface area contributed by atoms with Gasteiger partial charge in [-0.3, -0.25) is 14.4 Å². The highest BCUT2D eigenvalue weighted by atomic mass is 32.1. The van der Waals surface area contributed by atoms with E-state index >= 15 is 0 Å². The monoisotopic (exact) mass is 280 g/mol. The van der Waals surface area contributed by atoms with E-state index in [9.17, 15) is 14.4 Å². The molecule has 0 unspecified atom stereocenters. The second-order valence-electron chi connectivity index (χ2n) is 4.53. The van der Waals surface area contributed by atoms with Crippen molar-refractivity contribution in [2.75, 3.05) is 6.54 Å². The van der Waals surface area contributed by atoms with Crippen molar-refractivity contribution in [1.29, 1.82) is 0 Å². The first-order chi connectivity index (χ1) is 9.08. The normalized spacial score (nSPS) is 19.4. The molecule has 0 radical (unpaired) electrons. The molecule has 1 fully saturated rings. The van der Waals surface area contributed by atoms with Crippen LogP contribution in [0.1, 0.15) is 45.5 Å². The number of ketones is 1. The molecule has 2 rings (SSSR count). The molecule has 1 saturated heterocycles. The van der Waals surface area contributed by atoms with Crippen LogP contribution in [0.3, 0.4) is 0 Å². The molecule has 0 spiro atoms. The minimum Gasteiger partial charge on any atom is -0.354 e. The Kier molecular flexibility index (Phi) is 4.31. The Morgan fingerprint density at radius 3 is 2.74 bits per heavy atom. The summed E-state index contributed by atoms with van der Waals surface area (Å²) in [6, 6.07) is 2.78. The SMILES string of the molecule is CC(=O)c1ccc(C(=O)N[C@@H]2CCCCNC2=O)s1. The molecule has 2 N–H and O–H groups in total. The maximum absolute atomic E-state index is 12.0. The lowest BCUT2D eigenvalue weighted by Crippen LogP contribution is -2.45. The van der Waals surface area contributed by atoms with Crippen molar-refractivity contribution in [3.63, 3.8) is 0 Å². The summed E-state index contributed by atoms with van der Waals surface area (Å²) in [5.41, 5.74) is 0. The lowest BCUT2D eigenvalue weighted by molar-refractivity contribution is -0.122. The van der Waals surface area contributed by atoms with Gasteiger partial charge in [0, 0.05) is 6.54 Å². The maximum Gasteiger partial charge on any atom is 0.262 e. The quantitative estimate of drug-likeness (QED) is 0.821. The minimum absolute atomic E-state index is 0.0590. The van der Waals surface area contributed by atoms with Crippen LogP contribution in [0.25, 0.3) is 0 Å². The summed E-state index contributed by atoms with van der Waals surface area (Å²) in [6.45, 7) is 2.13. The van der Waals surface area contributed by atoms with Crippen molar-refractivity contribution in [3.8, 4) is 0 Å². The third-order valence-corrected chi connectivity index (χ3v) is 4.20. The molecule has 0 bridgehead atoms. The van der Waals surface area contributed by atoms with E-state index < -0.39 is 6.04 Å². The second-order valence-corrected chi connectivity index (χ2v) is 5.62. The highest BCUT2D eigenvalue weighted by Gasteiger charge is 2.23. The van der Waals surface area contributed by atoms with Crippen LogP contribution in [0.15, 0.2) is 12.1 Å². The van der Waals surface area contributed by atoms with Crippen molar-refractivity contribution in [3.05, 3.63) is 21.9 Å². The van der Waals surface area contributed by atoms with Crippen LogP contribution in [0.5, 0.6) is 0 Å². The summed E-state index contributed by atoms with van der Waals surface area (Å²) < 4.78 is 0. The Morgan fingerprint density at radius 1 is 1.32 bits per heavy atom. The number of amides is 2. The molecule has 102 valence electrons. The number of carbonyl (C=O) groups excluding carboxylic acids is 3. The summed E-state index contributed by atoms with van der Waals surface area (Å²) in [4.78, 5) is 35.9.